The van der Waals surface area contributed by atoms with Crippen molar-refractivity contribution in [2.24, 2.45) is 0 Å². The van der Waals surface area contributed by atoms with E-state index >= 15 is 0 Å². The van der Waals surface area contributed by atoms with Crippen LogP contribution in [0.15, 0.2) is 0 Å². The minimum absolute atomic E-state index is 0. The molecule has 0 aliphatic heterocycles. The van der Waals surface area contributed by atoms with Gasteiger partial charge in [-0.3, -0.25) is 0 Å². The Hall–Kier alpha value is 1.38. The molecular formula is C6H15Cl2Sn. The van der Waals surface area contributed by atoms with Gasteiger partial charge < -0.3 is 0 Å². The minimum atomic E-state index is 0. The maximum atomic E-state index is 2.25. The topological polar surface area (TPSA) is 0 Å². The zero-order valence-electron chi connectivity index (χ0n) is 5.85. The Kier molecular flexibility index (Phi) is 30.1. The molecule has 9 heavy (non-hydrogen) atoms. The van der Waals surface area contributed by atoms with Crippen molar-refractivity contribution in [3.8, 4) is 0 Å². The first-order chi connectivity index (χ1) is 3.41. The Morgan fingerprint density at radius 2 is 1.56 bits per heavy atom. The molecule has 0 saturated heterocycles. The van der Waals surface area contributed by atoms with Crippen LogP contribution in [0.3, 0.4) is 0 Å². The summed E-state index contributed by atoms with van der Waals surface area (Å²) in [6.07, 6.45) is 5.73. The van der Waals surface area contributed by atoms with Crippen LogP contribution in [0.2, 0.25) is 4.44 Å². The van der Waals surface area contributed by atoms with Crippen molar-refractivity contribution in [2.45, 2.75) is 37.0 Å². The third-order valence-electron chi connectivity index (χ3n) is 1.03. The Labute approximate surface area is 84.1 Å². The fraction of sp³-hybridized carbons (Fsp3) is 1.00. The molecule has 0 heterocycles. The zero-order valence-corrected chi connectivity index (χ0v) is 10.3. The predicted molar refractivity (Wildman–Crippen MR) is 49.2 cm³/mol. The van der Waals surface area contributed by atoms with E-state index < -0.39 is 0 Å². The average molecular weight is 277 g/mol. The van der Waals surface area contributed by atoms with E-state index in [4.69, 9.17) is 0 Å². The Bertz CT molecular complexity index is 30.2. The summed E-state index contributed by atoms with van der Waals surface area (Å²) < 4.78 is 1.45. The molecule has 0 aromatic carbocycles. The standard InChI is InChI=1S/C6H13.2ClH.Sn/c1-3-5-6-4-2;;;/h1,3-6H2,2H3;2*1H;. The molecule has 0 rings (SSSR count). The van der Waals surface area contributed by atoms with Gasteiger partial charge in [-0.15, -0.1) is 24.8 Å². The van der Waals surface area contributed by atoms with Crippen LogP contribution >= 0.6 is 24.8 Å². The number of halogens is 2. The summed E-state index contributed by atoms with van der Waals surface area (Å²) in [6.45, 7) is 2.25. The smallest absolute Gasteiger partial charge is 0.147 e. The summed E-state index contributed by atoms with van der Waals surface area (Å²) in [5.41, 5.74) is 0. The van der Waals surface area contributed by atoms with E-state index in [1.165, 1.54) is 30.1 Å². The van der Waals surface area contributed by atoms with Crippen LogP contribution in [0.5, 0.6) is 0 Å². The third kappa shape index (κ3) is 17.7. The molecule has 0 unspecified atom stereocenters. The Morgan fingerprint density at radius 3 is 1.89 bits per heavy atom. The summed E-state index contributed by atoms with van der Waals surface area (Å²) in [5.74, 6) is 0. The number of hydrogen-bond acceptors (Lipinski definition) is 0. The van der Waals surface area contributed by atoms with Crippen molar-refractivity contribution in [2.75, 3.05) is 0 Å². The molecule has 0 aliphatic carbocycles. The number of rotatable bonds is 4. The molecule has 57 valence electrons. The minimum Gasteiger partial charge on any atom is -0.147 e. The summed E-state index contributed by atoms with van der Waals surface area (Å²) in [5, 5.41) is 0. The van der Waals surface area contributed by atoms with E-state index in [1.807, 2.05) is 0 Å². The molecule has 0 aromatic heterocycles. The van der Waals surface area contributed by atoms with Crippen LogP contribution in [-0.4, -0.2) is 22.5 Å². The van der Waals surface area contributed by atoms with Gasteiger partial charge in [0.2, 0.25) is 0 Å². The van der Waals surface area contributed by atoms with Gasteiger partial charge in [0, 0.05) is 0 Å². The van der Waals surface area contributed by atoms with Gasteiger partial charge in [0.05, 0.1) is 0 Å². The van der Waals surface area contributed by atoms with Gasteiger partial charge in [0.25, 0.3) is 0 Å². The number of hydrogen-bond donors (Lipinski definition) is 0. The first kappa shape index (κ1) is 16.8. The fourth-order valence-electron chi connectivity index (χ4n) is 0.552. The molecule has 0 fully saturated rings. The van der Waals surface area contributed by atoms with Gasteiger partial charge >= 0.3 is 59.6 Å². The molecule has 0 spiro atoms. The molecule has 0 nitrogen and oxygen atoms in total. The van der Waals surface area contributed by atoms with Gasteiger partial charge in [-0.1, -0.05) is 0 Å². The van der Waals surface area contributed by atoms with Crippen LogP contribution in [0.4, 0.5) is 0 Å². The zero-order chi connectivity index (χ0) is 5.54. The molecule has 0 atom stereocenters. The second-order valence-electron chi connectivity index (χ2n) is 1.81. The van der Waals surface area contributed by atoms with E-state index in [0.29, 0.717) is 0 Å². The first-order valence-electron chi connectivity index (χ1n) is 3.06. The molecule has 0 aliphatic rings. The normalized spacial score (nSPS) is 7.33. The molecule has 0 N–H and O–H groups in total. The maximum Gasteiger partial charge on any atom is -0.147 e. The molecular weight excluding hydrogens is 262 g/mol. The van der Waals surface area contributed by atoms with Crippen molar-refractivity contribution in [3.63, 3.8) is 0 Å². The Balaban J connectivity index is -0.000000180. The van der Waals surface area contributed by atoms with Gasteiger partial charge in [0.1, 0.15) is 0 Å². The summed E-state index contributed by atoms with van der Waals surface area (Å²) >= 11 is 1.70. The average Bonchev–Trinajstić information content (AvgIpc) is 1.69. The predicted octanol–water partition coefficient (Wildman–Crippen LogP) is 3.00. The summed E-state index contributed by atoms with van der Waals surface area (Å²) in [4.78, 5) is 0. The third-order valence-corrected chi connectivity index (χ3v) is 2.04. The maximum absolute atomic E-state index is 2.25. The van der Waals surface area contributed by atoms with Gasteiger partial charge in [-0.2, -0.15) is 0 Å². The van der Waals surface area contributed by atoms with Gasteiger partial charge in [-0.25, -0.2) is 0 Å². The van der Waals surface area contributed by atoms with Crippen molar-refractivity contribution in [1.29, 1.82) is 0 Å². The van der Waals surface area contributed by atoms with Crippen molar-refractivity contribution in [1.82, 2.24) is 0 Å². The number of unbranched alkanes of at least 4 members (excludes halogenated alkanes) is 3. The molecule has 3 radical (unpaired) electrons. The van der Waals surface area contributed by atoms with Crippen LogP contribution in [0, 0.1) is 0 Å². The molecule has 0 amide bonds. The van der Waals surface area contributed by atoms with E-state index in [1.54, 1.807) is 22.5 Å². The van der Waals surface area contributed by atoms with Crippen LogP contribution in [-0.2, 0) is 0 Å². The van der Waals surface area contributed by atoms with Crippen LogP contribution in [0.1, 0.15) is 32.6 Å². The van der Waals surface area contributed by atoms with Crippen molar-refractivity contribution >= 4 is 47.3 Å². The quantitative estimate of drug-likeness (QED) is 0.547. The molecule has 3 heteroatoms. The second-order valence-corrected chi connectivity index (χ2v) is 3.24. The van der Waals surface area contributed by atoms with Crippen molar-refractivity contribution in [3.05, 3.63) is 0 Å². The van der Waals surface area contributed by atoms with E-state index in [9.17, 15) is 0 Å². The van der Waals surface area contributed by atoms with Crippen LogP contribution < -0.4 is 0 Å². The molecule has 0 bridgehead atoms. The van der Waals surface area contributed by atoms with E-state index in [0.717, 1.165) is 0 Å². The molecule has 0 aromatic rings. The second kappa shape index (κ2) is 16.2. The van der Waals surface area contributed by atoms with Crippen molar-refractivity contribution < 1.29 is 0 Å². The van der Waals surface area contributed by atoms with E-state index in [-0.39, 0.29) is 24.8 Å². The Morgan fingerprint density at radius 1 is 1.00 bits per heavy atom. The largest absolute Gasteiger partial charge is 0.147 e. The van der Waals surface area contributed by atoms with E-state index in [2.05, 4.69) is 6.92 Å². The molecule has 0 saturated carbocycles. The monoisotopic (exact) mass is 277 g/mol. The SMILES string of the molecule is CCCCC[CH2][Sn].Cl.Cl. The summed E-state index contributed by atoms with van der Waals surface area (Å²) in [6, 6.07) is 0. The van der Waals surface area contributed by atoms with Gasteiger partial charge in [0.15, 0.2) is 0 Å². The van der Waals surface area contributed by atoms with Gasteiger partial charge in [-0.05, 0) is 0 Å². The van der Waals surface area contributed by atoms with Crippen LogP contribution in [0.25, 0.3) is 0 Å². The fourth-order valence-corrected chi connectivity index (χ4v) is 1.27. The summed E-state index contributed by atoms with van der Waals surface area (Å²) in [7, 11) is 0. The first-order valence-corrected chi connectivity index (χ1v) is 5.08.